The fourth-order valence-electron chi connectivity index (χ4n) is 3.19. The summed E-state index contributed by atoms with van der Waals surface area (Å²) in [5.41, 5.74) is -0.0710. The third kappa shape index (κ3) is 4.79. The zero-order valence-electron chi connectivity index (χ0n) is 15.7. The number of ether oxygens (including phenoxy) is 2. The van der Waals surface area contributed by atoms with Crippen molar-refractivity contribution >= 4 is 11.9 Å². The van der Waals surface area contributed by atoms with Gasteiger partial charge in [0.05, 0.1) is 18.4 Å². The lowest BCUT2D eigenvalue weighted by Crippen LogP contribution is -2.33. The molecule has 1 aliphatic heterocycles. The molecule has 1 aromatic heterocycles. The number of carbonyl (C=O) groups is 2. The topological polar surface area (TPSA) is 143 Å². The molecule has 0 aliphatic carbocycles. The van der Waals surface area contributed by atoms with Gasteiger partial charge in [0.25, 0.3) is 5.56 Å². The minimum absolute atomic E-state index is 0.0621. The Morgan fingerprint density at radius 3 is 2.69 bits per heavy atom. The van der Waals surface area contributed by atoms with Crippen molar-refractivity contribution in [3.05, 3.63) is 68.5 Å². The summed E-state index contributed by atoms with van der Waals surface area (Å²) in [4.78, 5) is 54.4. The number of rotatable bonds is 6. The smallest absolute Gasteiger partial charge is 0.330 e. The summed E-state index contributed by atoms with van der Waals surface area (Å²) in [5.74, 6) is 2.75. The van der Waals surface area contributed by atoms with E-state index >= 15 is 0 Å². The van der Waals surface area contributed by atoms with Crippen molar-refractivity contribution < 1.29 is 23.9 Å². The van der Waals surface area contributed by atoms with Gasteiger partial charge in [-0.3, -0.25) is 23.9 Å². The summed E-state index contributed by atoms with van der Waals surface area (Å²) in [5, 5.41) is 0. The Balaban J connectivity index is 1.79. The van der Waals surface area contributed by atoms with Crippen LogP contribution in [0.4, 0.5) is 0 Å². The first-order valence-electron chi connectivity index (χ1n) is 8.96. The van der Waals surface area contributed by atoms with Crippen LogP contribution < -0.4 is 17.1 Å². The molecule has 3 rings (SSSR count). The highest BCUT2D eigenvalue weighted by atomic mass is 16.7. The minimum Gasteiger partial charge on any atom is -0.461 e. The van der Waals surface area contributed by atoms with Crippen molar-refractivity contribution in [2.24, 2.45) is 11.8 Å². The number of hydrogen-bond donors (Lipinski definition) is 2. The van der Waals surface area contributed by atoms with Gasteiger partial charge in [0.2, 0.25) is 0 Å². The molecule has 0 radical (unpaired) electrons. The molecule has 1 aromatic carbocycles. The molecule has 3 atom stereocenters. The standard InChI is InChI=1S/C19H21N3O7/c1-11-9-22(19(26)21-17(11)24)15-7-13(14(28-15)8-16(23)29-20)18(25)27-10-12-5-3-2-4-6-12/h2-6,9,13-15H,7-8,10,20H2,1H3,(H,21,24,26)/t13?,14-,15-/m1/s1. The van der Waals surface area contributed by atoms with Crippen LogP contribution >= 0.6 is 0 Å². The van der Waals surface area contributed by atoms with Gasteiger partial charge >= 0.3 is 17.6 Å². The number of nitrogens with one attached hydrogen (secondary N) is 1. The molecule has 154 valence electrons. The molecule has 2 heterocycles. The fraction of sp³-hybridized carbons (Fsp3) is 0.368. The molecule has 0 bridgehead atoms. The van der Waals surface area contributed by atoms with E-state index in [4.69, 9.17) is 15.4 Å². The van der Waals surface area contributed by atoms with E-state index in [0.29, 0.717) is 5.56 Å². The van der Waals surface area contributed by atoms with E-state index in [1.54, 1.807) is 6.92 Å². The highest BCUT2D eigenvalue weighted by Gasteiger charge is 2.43. The monoisotopic (exact) mass is 403 g/mol. The van der Waals surface area contributed by atoms with Crippen LogP contribution in [0.3, 0.4) is 0 Å². The average Bonchev–Trinajstić information content (AvgIpc) is 3.13. The lowest BCUT2D eigenvalue weighted by Gasteiger charge is -2.16. The van der Waals surface area contributed by atoms with Gasteiger partial charge in [-0.1, -0.05) is 30.3 Å². The second-order valence-electron chi connectivity index (χ2n) is 6.74. The van der Waals surface area contributed by atoms with E-state index in [9.17, 15) is 19.2 Å². The van der Waals surface area contributed by atoms with Crippen molar-refractivity contribution in [2.75, 3.05) is 0 Å². The van der Waals surface area contributed by atoms with Crippen LogP contribution in [-0.2, 0) is 30.5 Å². The maximum Gasteiger partial charge on any atom is 0.330 e. The Morgan fingerprint density at radius 2 is 2.00 bits per heavy atom. The molecular weight excluding hydrogens is 382 g/mol. The van der Waals surface area contributed by atoms with Gasteiger partial charge < -0.3 is 14.3 Å². The van der Waals surface area contributed by atoms with E-state index in [1.807, 2.05) is 30.3 Å². The summed E-state index contributed by atoms with van der Waals surface area (Å²) < 4.78 is 12.3. The van der Waals surface area contributed by atoms with Gasteiger partial charge in [-0.05, 0) is 12.5 Å². The molecule has 1 fully saturated rings. The van der Waals surface area contributed by atoms with Crippen molar-refractivity contribution in [2.45, 2.75) is 38.7 Å². The van der Waals surface area contributed by atoms with Crippen molar-refractivity contribution in [1.82, 2.24) is 9.55 Å². The highest BCUT2D eigenvalue weighted by Crippen LogP contribution is 2.35. The number of benzene rings is 1. The maximum absolute atomic E-state index is 12.7. The van der Waals surface area contributed by atoms with E-state index in [-0.39, 0.29) is 19.4 Å². The van der Waals surface area contributed by atoms with Crippen molar-refractivity contribution in [3.8, 4) is 0 Å². The van der Waals surface area contributed by atoms with E-state index < -0.39 is 41.4 Å². The summed E-state index contributed by atoms with van der Waals surface area (Å²) in [6.07, 6.45) is -0.597. The van der Waals surface area contributed by atoms with Crippen molar-refractivity contribution in [3.63, 3.8) is 0 Å². The van der Waals surface area contributed by atoms with Gasteiger partial charge in [-0.25, -0.2) is 4.79 Å². The van der Waals surface area contributed by atoms with Gasteiger partial charge in [0.1, 0.15) is 12.8 Å². The minimum atomic E-state index is -0.890. The Hall–Kier alpha value is -3.24. The van der Waals surface area contributed by atoms with Crippen LogP contribution in [0, 0.1) is 12.8 Å². The molecule has 1 saturated heterocycles. The molecule has 0 saturated carbocycles. The number of hydrogen-bond acceptors (Lipinski definition) is 8. The number of nitrogens with two attached hydrogens (primary N) is 1. The third-order valence-electron chi connectivity index (χ3n) is 4.72. The number of aromatic amines is 1. The molecule has 0 amide bonds. The Kier molecular flexibility index (Phi) is 6.25. The largest absolute Gasteiger partial charge is 0.461 e. The average molecular weight is 403 g/mol. The number of aryl methyl sites for hydroxylation is 1. The molecule has 10 heteroatoms. The van der Waals surface area contributed by atoms with Gasteiger partial charge in [0.15, 0.2) is 0 Å². The quantitative estimate of drug-likeness (QED) is 0.518. The number of H-pyrrole nitrogens is 1. The summed E-state index contributed by atoms with van der Waals surface area (Å²) >= 11 is 0. The normalized spacial score (nSPS) is 21.0. The van der Waals surface area contributed by atoms with E-state index in [0.717, 1.165) is 5.56 Å². The summed E-state index contributed by atoms with van der Waals surface area (Å²) in [7, 11) is 0. The first kappa shape index (κ1) is 20.5. The Bertz CT molecular complexity index is 999. The van der Waals surface area contributed by atoms with Crippen LogP contribution in [0.15, 0.2) is 46.1 Å². The second-order valence-corrected chi connectivity index (χ2v) is 6.74. The zero-order valence-corrected chi connectivity index (χ0v) is 15.7. The van der Waals surface area contributed by atoms with Crippen LogP contribution in [-0.4, -0.2) is 27.6 Å². The predicted molar refractivity (Wildman–Crippen MR) is 99.2 cm³/mol. The summed E-state index contributed by atoms with van der Waals surface area (Å²) in [6.45, 7) is 1.60. The molecule has 1 unspecified atom stereocenters. The zero-order chi connectivity index (χ0) is 21.0. The maximum atomic E-state index is 12.7. The molecule has 3 N–H and O–H groups in total. The van der Waals surface area contributed by atoms with Gasteiger partial charge in [0, 0.05) is 18.2 Å². The summed E-state index contributed by atoms with van der Waals surface area (Å²) in [6, 6.07) is 9.12. The fourth-order valence-corrected chi connectivity index (χ4v) is 3.19. The first-order valence-corrected chi connectivity index (χ1v) is 8.96. The van der Waals surface area contributed by atoms with Crippen LogP contribution in [0.5, 0.6) is 0 Å². The second kappa shape index (κ2) is 8.84. The number of aromatic nitrogens is 2. The number of esters is 1. The highest BCUT2D eigenvalue weighted by molar-refractivity contribution is 5.76. The van der Waals surface area contributed by atoms with Crippen molar-refractivity contribution in [1.29, 1.82) is 0 Å². The Labute approximate surface area is 165 Å². The van der Waals surface area contributed by atoms with Crippen LogP contribution in [0.2, 0.25) is 0 Å². The number of nitrogens with zero attached hydrogens (tertiary/aromatic N) is 1. The molecule has 0 spiro atoms. The molecule has 2 aromatic rings. The van der Waals surface area contributed by atoms with E-state index in [1.165, 1.54) is 10.8 Å². The van der Waals surface area contributed by atoms with Crippen LogP contribution in [0.1, 0.15) is 30.2 Å². The lowest BCUT2D eigenvalue weighted by molar-refractivity contribution is -0.155. The number of carbonyl (C=O) groups excluding carboxylic acids is 2. The molecule has 29 heavy (non-hydrogen) atoms. The molecular formula is C19H21N3O7. The first-order chi connectivity index (χ1) is 13.9. The van der Waals surface area contributed by atoms with Gasteiger partial charge in [-0.2, -0.15) is 5.90 Å². The van der Waals surface area contributed by atoms with Gasteiger partial charge in [-0.15, -0.1) is 0 Å². The van der Waals surface area contributed by atoms with Crippen LogP contribution in [0.25, 0.3) is 0 Å². The molecule has 10 nitrogen and oxygen atoms in total. The third-order valence-corrected chi connectivity index (χ3v) is 4.72. The predicted octanol–water partition coefficient (Wildman–Crippen LogP) is 0.299. The SMILES string of the molecule is Cc1cn([C@H]2CC(C(=O)OCc3ccccc3)[C@@H](CC(=O)ON)O2)c(=O)[nH]c1=O. The van der Waals surface area contributed by atoms with E-state index in [2.05, 4.69) is 9.82 Å². The lowest BCUT2D eigenvalue weighted by atomic mass is 9.98. The Morgan fingerprint density at radius 1 is 1.28 bits per heavy atom. The molecule has 1 aliphatic rings.